The van der Waals surface area contributed by atoms with Crippen molar-refractivity contribution in [1.82, 2.24) is 20.2 Å². The van der Waals surface area contributed by atoms with Crippen molar-refractivity contribution in [3.8, 4) is 11.5 Å². The molecule has 2 aromatic carbocycles. The Bertz CT molecular complexity index is 969. The van der Waals surface area contributed by atoms with Gasteiger partial charge in [-0.3, -0.25) is 0 Å². The Labute approximate surface area is 136 Å². The molecule has 0 aliphatic rings. The largest absolute Gasteiger partial charge is 0.411 e. The first kappa shape index (κ1) is 13.9. The molecule has 0 saturated heterocycles. The highest BCUT2D eigenvalue weighted by Gasteiger charge is 2.13. The zero-order chi connectivity index (χ0) is 15.6. The zero-order valence-electron chi connectivity index (χ0n) is 12.3. The zero-order valence-corrected chi connectivity index (χ0v) is 13.1. The van der Waals surface area contributed by atoms with Crippen LogP contribution in [0, 0.1) is 6.92 Å². The molecule has 0 fully saturated rings. The van der Waals surface area contributed by atoms with Gasteiger partial charge >= 0.3 is 0 Å². The van der Waals surface area contributed by atoms with Crippen LogP contribution < -0.4 is 0 Å². The quantitative estimate of drug-likeness (QED) is 0.565. The fourth-order valence-corrected chi connectivity index (χ4v) is 2.90. The molecule has 0 N–H and O–H groups in total. The van der Waals surface area contributed by atoms with Gasteiger partial charge < -0.3 is 4.42 Å². The fourth-order valence-electron chi connectivity index (χ4n) is 2.20. The van der Waals surface area contributed by atoms with Gasteiger partial charge in [0.25, 0.3) is 5.22 Å². The van der Waals surface area contributed by atoms with E-state index >= 15 is 0 Å². The van der Waals surface area contributed by atoms with Crippen molar-refractivity contribution in [2.75, 3.05) is 0 Å². The van der Waals surface area contributed by atoms with Crippen LogP contribution in [0.15, 0.2) is 69.3 Å². The minimum atomic E-state index is 0.455. The molecular formula is C17H12N4OS. The second-order valence-electron chi connectivity index (χ2n) is 4.94. The van der Waals surface area contributed by atoms with Gasteiger partial charge in [0, 0.05) is 5.56 Å². The molecule has 0 saturated carbocycles. The molecule has 0 aliphatic carbocycles. The van der Waals surface area contributed by atoms with Gasteiger partial charge in [0.15, 0.2) is 0 Å². The third kappa shape index (κ3) is 2.80. The minimum Gasteiger partial charge on any atom is -0.411 e. The van der Waals surface area contributed by atoms with Crippen LogP contribution in [-0.2, 0) is 0 Å². The summed E-state index contributed by atoms with van der Waals surface area (Å²) in [5, 5.41) is 9.40. The van der Waals surface area contributed by atoms with Crippen molar-refractivity contribution >= 4 is 22.8 Å². The van der Waals surface area contributed by atoms with Crippen molar-refractivity contribution in [3.05, 3.63) is 60.3 Å². The number of aromatic nitrogens is 4. The summed E-state index contributed by atoms with van der Waals surface area (Å²) < 4.78 is 5.71. The molecule has 0 amide bonds. The van der Waals surface area contributed by atoms with E-state index in [0.717, 1.165) is 27.3 Å². The van der Waals surface area contributed by atoms with Crippen molar-refractivity contribution in [2.45, 2.75) is 17.2 Å². The minimum absolute atomic E-state index is 0.455. The summed E-state index contributed by atoms with van der Waals surface area (Å²) in [4.78, 5) is 9.19. The Kier molecular flexibility index (Phi) is 3.51. The van der Waals surface area contributed by atoms with Crippen LogP contribution in [0.2, 0.25) is 0 Å². The topological polar surface area (TPSA) is 64.7 Å². The Hall–Kier alpha value is -2.73. The van der Waals surface area contributed by atoms with Gasteiger partial charge in [-0.1, -0.05) is 30.3 Å². The Balaban J connectivity index is 1.66. The smallest absolute Gasteiger partial charge is 0.283 e. The van der Waals surface area contributed by atoms with E-state index in [1.807, 2.05) is 61.5 Å². The lowest BCUT2D eigenvalue weighted by Crippen LogP contribution is -1.92. The number of hydrogen-bond donors (Lipinski definition) is 0. The van der Waals surface area contributed by atoms with Crippen LogP contribution in [0.5, 0.6) is 0 Å². The molecular weight excluding hydrogens is 308 g/mol. The van der Waals surface area contributed by atoms with Crippen LogP contribution in [0.4, 0.5) is 0 Å². The normalized spacial score (nSPS) is 11.0. The number of aryl methyl sites for hydroxylation is 1. The third-order valence-electron chi connectivity index (χ3n) is 3.31. The summed E-state index contributed by atoms with van der Waals surface area (Å²) in [6.07, 6.45) is 0. The summed E-state index contributed by atoms with van der Waals surface area (Å²) in [6, 6.07) is 17.5. The van der Waals surface area contributed by atoms with Crippen LogP contribution in [0.1, 0.15) is 5.69 Å². The number of benzene rings is 2. The van der Waals surface area contributed by atoms with Crippen molar-refractivity contribution in [3.63, 3.8) is 0 Å². The second-order valence-corrected chi connectivity index (χ2v) is 5.88. The number of nitrogens with zero attached hydrogens (tertiary/aromatic N) is 4. The maximum atomic E-state index is 5.71. The number of para-hydroxylation sites is 2. The van der Waals surface area contributed by atoms with E-state index < -0.39 is 0 Å². The lowest BCUT2D eigenvalue weighted by molar-refractivity contribution is 0.465. The summed E-state index contributed by atoms with van der Waals surface area (Å²) in [6.45, 7) is 1.93. The molecule has 2 aromatic heterocycles. The van der Waals surface area contributed by atoms with Gasteiger partial charge in [-0.2, -0.15) is 0 Å². The lowest BCUT2D eigenvalue weighted by atomic mass is 10.2. The third-order valence-corrected chi connectivity index (χ3v) is 4.23. The maximum Gasteiger partial charge on any atom is 0.283 e. The van der Waals surface area contributed by atoms with Gasteiger partial charge in [-0.15, -0.1) is 10.2 Å². The Morgan fingerprint density at radius 1 is 0.826 bits per heavy atom. The maximum absolute atomic E-state index is 5.71. The van der Waals surface area contributed by atoms with Crippen LogP contribution in [0.3, 0.4) is 0 Å². The summed E-state index contributed by atoms with van der Waals surface area (Å²) in [5.41, 5.74) is 3.47. The predicted octanol–water partition coefficient (Wildman–Crippen LogP) is 4.14. The van der Waals surface area contributed by atoms with E-state index in [1.165, 1.54) is 11.8 Å². The molecule has 23 heavy (non-hydrogen) atoms. The molecule has 5 nitrogen and oxygen atoms in total. The van der Waals surface area contributed by atoms with Gasteiger partial charge in [0.2, 0.25) is 5.89 Å². The fraction of sp³-hybridized carbons (Fsp3) is 0.0588. The first-order chi connectivity index (χ1) is 11.3. The van der Waals surface area contributed by atoms with Gasteiger partial charge in [-0.25, -0.2) is 9.97 Å². The highest BCUT2D eigenvalue weighted by Crippen LogP contribution is 2.30. The average Bonchev–Trinajstić information content (AvgIpc) is 3.05. The molecule has 6 heteroatoms. The Morgan fingerprint density at radius 2 is 1.52 bits per heavy atom. The standard InChI is InChI=1S/C17H12N4OS/c1-11-16(19-14-10-6-5-9-13(14)18-11)23-17-21-20-15(22-17)12-7-3-2-4-8-12/h2-10H,1H3. The SMILES string of the molecule is Cc1nc2ccccc2nc1Sc1nnc(-c2ccccc2)o1. The molecule has 0 aliphatic heterocycles. The van der Waals surface area contributed by atoms with E-state index in [1.54, 1.807) is 0 Å². The number of fused-ring (bicyclic) bond motifs is 1. The van der Waals surface area contributed by atoms with E-state index in [9.17, 15) is 0 Å². The van der Waals surface area contributed by atoms with Crippen molar-refractivity contribution < 1.29 is 4.42 Å². The van der Waals surface area contributed by atoms with Crippen molar-refractivity contribution in [2.24, 2.45) is 0 Å². The van der Waals surface area contributed by atoms with Crippen LogP contribution >= 0.6 is 11.8 Å². The summed E-state index contributed by atoms with van der Waals surface area (Å²) in [7, 11) is 0. The van der Waals surface area contributed by atoms with Gasteiger partial charge in [0.05, 0.1) is 16.7 Å². The molecule has 4 rings (SSSR count). The summed E-state index contributed by atoms with van der Waals surface area (Å²) >= 11 is 1.33. The molecule has 0 radical (unpaired) electrons. The first-order valence-corrected chi connectivity index (χ1v) is 7.91. The van der Waals surface area contributed by atoms with Crippen LogP contribution in [0.25, 0.3) is 22.5 Å². The highest BCUT2D eigenvalue weighted by molar-refractivity contribution is 7.99. The molecule has 0 unspecified atom stereocenters. The second kappa shape index (κ2) is 5.81. The monoisotopic (exact) mass is 320 g/mol. The molecule has 0 spiro atoms. The number of hydrogen-bond acceptors (Lipinski definition) is 6. The molecule has 2 heterocycles. The van der Waals surface area contributed by atoms with E-state index in [-0.39, 0.29) is 0 Å². The van der Waals surface area contributed by atoms with Gasteiger partial charge in [0.1, 0.15) is 5.03 Å². The summed E-state index contributed by atoms with van der Waals surface area (Å²) in [5.74, 6) is 0.500. The van der Waals surface area contributed by atoms with E-state index in [0.29, 0.717) is 11.1 Å². The molecule has 0 atom stereocenters. The van der Waals surface area contributed by atoms with E-state index in [2.05, 4.69) is 20.2 Å². The lowest BCUT2D eigenvalue weighted by Gasteiger charge is -2.03. The Morgan fingerprint density at radius 3 is 2.30 bits per heavy atom. The molecule has 4 aromatic rings. The van der Waals surface area contributed by atoms with Crippen LogP contribution in [-0.4, -0.2) is 20.2 Å². The molecule has 112 valence electrons. The van der Waals surface area contributed by atoms with E-state index in [4.69, 9.17) is 4.42 Å². The average molecular weight is 320 g/mol. The highest BCUT2D eigenvalue weighted by atomic mass is 32.2. The van der Waals surface area contributed by atoms with Gasteiger partial charge in [-0.05, 0) is 43.0 Å². The number of rotatable bonds is 3. The molecule has 0 bridgehead atoms. The van der Waals surface area contributed by atoms with Crippen molar-refractivity contribution in [1.29, 1.82) is 0 Å². The first-order valence-electron chi connectivity index (χ1n) is 7.10. The predicted molar refractivity (Wildman–Crippen MR) is 88.1 cm³/mol.